The summed E-state index contributed by atoms with van der Waals surface area (Å²) in [7, 11) is 0. The molecule has 2 aromatic carbocycles. The minimum absolute atomic E-state index is 0.0397. The lowest BCUT2D eigenvalue weighted by Crippen LogP contribution is -2.27. The maximum absolute atomic E-state index is 11.5. The summed E-state index contributed by atoms with van der Waals surface area (Å²) in [6.45, 7) is 2.14. The molecular formula is C22H22N2O2S. The fourth-order valence-electron chi connectivity index (χ4n) is 3.84. The molecule has 1 unspecified atom stereocenters. The van der Waals surface area contributed by atoms with Crippen molar-refractivity contribution in [3.8, 4) is 0 Å². The Morgan fingerprint density at radius 3 is 2.63 bits per heavy atom. The third kappa shape index (κ3) is 3.16. The Hall–Kier alpha value is -2.53. The predicted molar refractivity (Wildman–Crippen MR) is 111 cm³/mol. The standard InChI is InChI=1S/C22H22N2O2S/c1-3-15-12-20-18(13-21(25)26)17-6-4-5-7-19(17)24(20)22(23-15)14-8-10-16(27-2)11-9-14/h4-11,15H,3,12-13H2,1-2H3,(H,25,26). The van der Waals surface area contributed by atoms with Crippen LogP contribution in [-0.2, 0) is 17.6 Å². The van der Waals surface area contributed by atoms with Crippen LogP contribution in [0.5, 0.6) is 0 Å². The number of rotatable bonds is 5. The molecule has 4 rings (SSSR count). The van der Waals surface area contributed by atoms with E-state index in [9.17, 15) is 9.90 Å². The molecule has 1 atom stereocenters. The molecule has 0 amide bonds. The van der Waals surface area contributed by atoms with Gasteiger partial charge in [0.1, 0.15) is 5.84 Å². The minimum Gasteiger partial charge on any atom is -0.481 e. The number of aliphatic carboxylic acids is 1. The first-order valence-corrected chi connectivity index (χ1v) is 10.4. The maximum Gasteiger partial charge on any atom is 0.307 e. The number of carboxylic acids is 1. The highest BCUT2D eigenvalue weighted by molar-refractivity contribution is 7.98. The van der Waals surface area contributed by atoms with Gasteiger partial charge in [0, 0.05) is 28.0 Å². The molecule has 1 aliphatic heterocycles. The summed E-state index contributed by atoms with van der Waals surface area (Å²) in [5.41, 5.74) is 4.11. The number of hydrogen-bond donors (Lipinski definition) is 1. The van der Waals surface area contributed by atoms with E-state index in [1.807, 2.05) is 18.2 Å². The largest absolute Gasteiger partial charge is 0.481 e. The van der Waals surface area contributed by atoms with Crippen molar-refractivity contribution < 1.29 is 9.90 Å². The van der Waals surface area contributed by atoms with Gasteiger partial charge >= 0.3 is 5.97 Å². The SMILES string of the molecule is CCC1Cc2c(CC(=O)O)c3ccccc3n2C(c2ccc(SC)cc2)=N1. The highest BCUT2D eigenvalue weighted by atomic mass is 32.2. The Balaban J connectivity index is 1.96. The van der Waals surface area contributed by atoms with Crippen LogP contribution in [0.2, 0.25) is 0 Å². The van der Waals surface area contributed by atoms with E-state index in [-0.39, 0.29) is 12.5 Å². The van der Waals surface area contributed by atoms with Crippen LogP contribution in [0.15, 0.2) is 58.4 Å². The van der Waals surface area contributed by atoms with Crippen molar-refractivity contribution in [1.29, 1.82) is 0 Å². The minimum atomic E-state index is -0.796. The van der Waals surface area contributed by atoms with E-state index in [1.54, 1.807) is 11.8 Å². The molecule has 2 heterocycles. The number of hydrogen-bond acceptors (Lipinski definition) is 3. The number of para-hydroxylation sites is 1. The third-order valence-electron chi connectivity index (χ3n) is 5.18. The van der Waals surface area contributed by atoms with Gasteiger partial charge in [0.25, 0.3) is 0 Å². The van der Waals surface area contributed by atoms with Crippen molar-refractivity contribution in [2.75, 3.05) is 6.26 Å². The van der Waals surface area contributed by atoms with Crippen molar-refractivity contribution in [2.24, 2.45) is 4.99 Å². The number of carbonyl (C=O) groups is 1. The maximum atomic E-state index is 11.5. The molecule has 3 aromatic rings. The fraction of sp³-hybridized carbons (Fsp3) is 0.273. The zero-order valence-corrected chi connectivity index (χ0v) is 16.3. The topological polar surface area (TPSA) is 54.6 Å². The number of benzene rings is 2. The number of fused-ring (bicyclic) bond motifs is 3. The first kappa shape index (κ1) is 17.9. The Morgan fingerprint density at radius 2 is 1.96 bits per heavy atom. The van der Waals surface area contributed by atoms with Crippen molar-refractivity contribution >= 4 is 34.5 Å². The summed E-state index contributed by atoms with van der Waals surface area (Å²) in [6, 6.07) is 16.7. The van der Waals surface area contributed by atoms with E-state index in [0.29, 0.717) is 0 Å². The number of thioether (sulfide) groups is 1. The monoisotopic (exact) mass is 378 g/mol. The lowest BCUT2D eigenvalue weighted by molar-refractivity contribution is -0.136. The van der Waals surface area contributed by atoms with Crippen molar-refractivity contribution in [2.45, 2.75) is 37.1 Å². The molecule has 0 aliphatic carbocycles. The van der Waals surface area contributed by atoms with Crippen LogP contribution in [0.1, 0.15) is 30.2 Å². The zero-order chi connectivity index (χ0) is 19.0. The molecule has 0 fully saturated rings. The molecule has 0 spiro atoms. The summed E-state index contributed by atoms with van der Waals surface area (Å²) in [5.74, 6) is 0.124. The normalized spacial score (nSPS) is 16.2. The van der Waals surface area contributed by atoms with Crippen LogP contribution in [0, 0.1) is 0 Å². The van der Waals surface area contributed by atoms with Crippen LogP contribution in [-0.4, -0.2) is 33.8 Å². The summed E-state index contributed by atoms with van der Waals surface area (Å²) in [5, 5.41) is 10.5. The van der Waals surface area contributed by atoms with Gasteiger partial charge in [-0.15, -0.1) is 11.8 Å². The Morgan fingerprint density at radius 1 is 1.22 bits per heavy atom. The lowest BCUT2D eigenvalue weighted by Gasteiger charge is -2.24. The van der Waals surface area contributed by atoms with Crippen LogP contribution in [0.3, 0.4) is 0 Å². The average Bonchev–Trinajstić information content (AvgIpc) is 3.01. The second-order valence-electron chi connectivity index (χ2n) is 6.80. The summed E-state index contributed by atoms with van der Waals surface area (Å²) >= 11 is 1.72. The average molecular weight is 378 g/mol. The van der Waals surface area contributed by atoms with Gasteiger partial charge in [-0.25, -0.2) is 0 Å². The molecule has 138 valence electrons. The number of aromatic nitrogens is 1. The Kier molecular flexibility index (Phi) is 4.79. The molecule has 27 heavy (non-hydrogen) atoms. The van der Waals surface area contributed by atoms with E-state index in [0.717, 1.165) is 46.4 Å². The van der Waals surface area contributed by atoms with Crippen LogP contribution in [0.25, 0.3) is 10.9 Å². The van der Waals surface area contributed by atoms with Gasteiger partial charge in [0.05, 0.1) is 18.0 Å². The van der Waals surface area contributed by atoms with E-state index in [4.69, 9.17) is 4.99 Å². The molecule has 0 radical (unpaired) electrons. The Labute approximate surface area is 162 Å². The van der Waals surface area contributed by atoms with Crippen LogP contribution < -0.4 is 0 Å². The molecule has 1 aliphatic rings. The molecule has 5 heteroatoms. The third-order valence-corrected chi connectivity index (χ3v) is 5.93. The van der Waals surface area contributed by atoms with Crippen LogP contribution >= 0.6 is 11.8 Å². The van der Waals surface area contributed by atoms with Gasteiger partial charge in [-0.2, -0.15) is 0 Å². The smallest absolute Gasteiger partial charge is 0.307 e. The number of carboxylic acid groups (broad SMARTS) is 1. The molecule has 0 saturated heterocycles. The molecule has 4 nitrogen and oxygen atoms in total. The predicted octanol–water partition coefficient (Wildman–Crippen LogP) is 4.62. The summed E-state index contributed by atoms with van der Waals surface area (Å²) in [6.07, 6.45) is 3.81. The zero-order valence-electron chi connectivity index (χ0n) is 15.5. The number of nitrogens with zero attached hydrogens (tertiary/aromatic N) is 2. The second kappa shape index (κ2) is 7.24. The molecule has 1 N–H and O–H groups in total. The summed E-state index contributed by atoms with van der Waals surface area (Å²) in [4.78, 5) is 17.8. The van der Waals surface area contributed by atoms with Gasteiger partial charge in [0.2, 0.25) is 0 Å². The van der Waals surface area contributed by atoms with E-state index in [1.165, 1.54) is 4.90 Å². The van der Waals surface area contributed by atoms with Gasteiger partial charge in [-0.05, 0) is 36.4 Å². The molecule has 0 bridgehead atoms. The number of aliphatic imine (C=N–C) groups is 1. The lowest BCUT2D eigenvalue weighted by atomic mass is 10.0. The van der Waals surface area contributed by atoms with Crippen molar-refractivity contribution in [1.82, 2.24) is 4.57 Å². The second-order valence-corrected chi connectivity index (χ2v) is 7.68. The van der Waals surface area contributed by atoms with Crippen molar-refractivity contribution in [3.05, 3.63) is 65.4 Å². The first-order chi connectivity index (χ1) is 13.1. The van der Waals surface area contributed by atoms with Gasteiger partial charge in [-0.3, -0.25) is 14.4 Å². The van der Waals surface area contributed by atoms with E-state index in [2.05, 4.69) is 48.1 Å². The molecular weight excluding hydrogens is 356 g/mol. The van der Waals surface area contributed by atoms with Gasteiger partial charge < -0.3 is 5.11 Å². The van der Waals surface area contributed by atoms with Gasteiger partial charge in [0.15, 0.2) is 0 Å². The van der Waals surface area contributed by atoms with Crippen molar-refractivity contribution in [3.63, 3.8) is 0 Å². The highest BCUT2D eigenvalue weighted by Gasteiger charge is 2.28. The van der Waals surface area contributed by atoms with E-state index < -0.39 is 5.97 Å². The Bertz CT molecular complexity index is 1030. The van der Waals surface area contributed by atoms with E-state index >= 15 is 0 Å². The fourth-order valence-corrected chi connectivity index (χ4v) is 4.25. The highest BCUT2D eigenvalue weighted by Crippen LogP contribution is 2.33. The summed E-state index contributed by atoms with van der Waals surface area (Å²) < 4.78 is 2.17. The quantitative estimate of drug-likeness (QED) is 0.659. The van der Waals surface area contributed by atoms with Crippen LogP contribution in [0.4, 0.5) is 0 Å². The molecule has 0 saturated carbocycles. The van der Waals surface area contributed by atoms with Gasteiger partial charge in [-0.1, -0.05) is 37.3 Å². The molecule has 1 aromatic heterocycles. The first-order valence-electron chi connectivity index (χ1n) is 9.18.